The highest BCUT2D eigenvalue weighted by Gasteiger charge is 2.20. The molecule has 0 saturated carbocycles. The second kappa shape index (κ2) is 5.36. The van der Waals surface area contributed by atoms with Crippen LogP contribution in [0.25, 0.3) is 15.5 Å². The Bertz CT molecular complexity index is 792. The van der Waals surface area contributed by atoms with Gasteiger partial charge in [0.15, 0.2) is 5.01 Å². The monoisotopic (exact) mass is 325 g/mol. The van der Waals surface area contributed by atoms with E-state index in [4.69, 9.17) is 11.6 Å². The first-order valence-corrected chi connectivity index (χ1v) is 7.66. The Morgan fingerprint density at radius 2 is 2.19 bits per heavy atom. The molecular formula is C14H13ClFN3OS. The minimum Gasteiger partial charge on any atom is -0.390 e. The van der Waals surface area contributed by atoms with Crippen LogP contribution in [0.5, 0.6) is 0 Å². The maximum Gasteiger partial charge on any atom is 0.213 e. The summed E-state index contributed by atoms with van der Waals surface area (Å²) in [7, 11) is 0. The molecular weight excluding hydrogens is 313 g/mol. The fourth-order valence-electron chi connectivity index (χ4n) is 2.22. The molecule has 110 valence electrons. The Morgan fingerprint density at radius 3 is 2.81 bits per heavy atom. The van der Waals surface area contributed by atoms with Gasteiger partial charge in [0.1, 0.15) is 5.82 Å². The summed E-state index contributed by atoms with van der Waals surface area (Å²) in [5.74, 6) is -0.240. The summed E-state index contributed by atoms with van der Waals surface area (Å²) >= 11 is 7.31. The molecule has 0 aliphatic heterocycles. The number of benzene rings is 1. The quantitative estimate of drug-likeness (QED) is 0.795. The van der Waals surface area contributed by atoms with Crippen LogP contribution >= 0.6 is 22.9 Å². The maximum atomic E-state index is 14.0. The molecule has 0 aliphatic carbocycles. The Hall–Kier alpha value is -1.50. The van der Waals surface area contributed by atoms with Crippen molar-refractivity contribution < 1.29 is 9.50 Å². The number of hydrogen-bond donors (Lipinski definition) is 1. The van der Waals surface area contributed by atoms with E-state index in [0.29, 0.717) is 20.7 Å². The molecule has 1 aromatic carbocycles. The maximum absolute atomic E-state index is 14.0. The van der Waals surface area contributed by atoms with Crippen molar-refractivity contribution in [1.29, 1.82) is 0 Å². The van der Waals surface area contributed by atoms with Gasteiger partial charge in [-0.05, 0) is 18.1 Å². The molecule has 3 aromatic rings. The van der Waals surface area contributed by atoms with Crippen LogP contribution in [0.4, 0.5) is 4.39 Å². The molecule has 0 unspecified atom stereocenters. The number of rotatable bonds is 3. The average molecular weight is 326 g/mol. The Balaban J connectivity index is 2.21. The zero-order valence-electron chi connectivity index (χ0n) is 11.5. The number of aromatic nitrogens is 3. The molecule has 0 bridgehead atoms. The molecule has 2 heterocycles. The van der Waals surface area contributed by atoms with Gasteiger partial charge in [0, 0.05) is 0 Å². The summed E-state index contributed by atoms with van der Waals surface area (Å²) in [4.78, 5) is 5.10. The third-order valence-corrected chi connectivity index (χ3v) is 4.44. The third-order valence-electron chi connectivity index (χ3n) is 3.20. The summed E-state index contributed by atoms with van der Waals surface area (Å²) in [6.45, 7) is 3.84. The van der Waals surface area contributed by atoms with E-state index in [-0.39, 0.29) is 18.1 Å². The minimum atomic E-state index is -0.422. The number of halogens is 2. The summed E-state index contributed by atoms with van der Waals surface area (Å²) < 4.78 is 15.5. The van der Waals surface area contributed by atoms with Crippen LogP contribution in [0, 0.1) is 5.82 Å². The van der Waals surface area contributed by atoms with E-state index < -0.39 is 5.82 Å². The van der Waals surface area contributed by atoms with Crippen LogP contribution in [0.15, 0.2) is 18.2 Å². The van der Waals surface area contributed by atoms with Gasteiger partial charge in [0.2, 0.25) is 4.96 Å². The zero-order chi connectivity index (χ0) is 15.1. The molecule has 2 aromatic heterocycles. The lowest BCUT2D eigenvalue weighted by molar-refractivity contribution is 0.272. The molecule has 0 radical (unpaired) electrons. The summed E-state index contributed by atoms with van der Waals surface area (Å²) in [5.41, 5.74) is 1.71. The van der Waals surface area contributed by atoms with Crippen molar-refractivity contribution in [3.8, 4) is 10.6 Å². The summed E-state index contributed by atoms with van der Waals surface area (Å²) in [6, 6.07) is 4.52. The van der Waals surface area contributed by atoms with Gasteiger partial charge in [-0.1, -0.05) is 42.9 Å². The summed E-state index contributed by atoms with van der Waals surface area (Å²) in [6.07, 6.45) is 0. The number of aliphatic hydroxyl groups excluding tert-OH is 1. The lowest BCUT2D eigenvalue weighted by Crippen LogP contribution is -2.00. The predicted octanol–water partition coefficient (Wildman–Crippen LogP) is 3.87. The van der Waals surface area contributed by atoms with E-state index in [1.165, 1.54) is 17.4 Å². The fourth-order valence-corrected chi connectivity index (χ4v) is 3.51. The van der Waals surface area contributed by atoms with E-state index in [1.807, 2.05) is 13.8 Å². The van der Waals surface area contributed by atoms with Crippen molar-refractivity contribution in [2.24, 2.45) is 0 Å². The number of nitrogens with zero attached hydrogens (tertiary/aromatic N) is 3. The Kier molecular flexibility index (Phi) is 3.69. The van der Waals surface area contributed by atoms with Crippen LogP contribution < -0.4 is 0 Å². The largest absolute Gasteiger partial charge is 0.390 e. The average Bonchev–Trinajstić information content (AvgIpc) is 2.95. The smallest absolute Gasteiger partial charge is 0.213 e. The van der Waals surface area contributed by atoms with Crippen LogP contribution in [-0.2, 0) is 6.61 Å². The van der Waals surface area contributed by atoms with E-state index in [1.54, 1.807) is 16.6 Å². The highest BCUT2D eigenvalue weighted by Crippen LogP contribution is 2.34. The van der Waals surface area contributed by atoms with E-state index >= 15 is 0 Å². The molecule has 0 spiro atoms. The van der Waals surface area contributed by atoms with Gasteiger partial charge in [-0.25, -0.2) is 13.9 Å². The first-order chi connectivity index (χ1) is 10.0. The fraction of sp³-hybridized carbons (Fsp3) is 0.286. The predicted molar refractivity (Wildman–Crippen MR) is 81.3 cm³/mol. The molecule has 1 N–H and O–H groups in total. The molecule has 0 fully saturated rings. The topological polar surface area (TPSA) is 50.4 Å². The molecule has 21 heavy (non-hydrogen) atoms. The van der Waals surface area contributed by atoms with Crippen molar-refractivity contribution in [2.45, 2.75) is 26.4 Å². The van der Waals surface area contributed by atoms with Gasteiger partial charge >= 0.3 is 0 Å². The Labute approximate surface area is 129 Å². The van der Waals surface area contributed by atoms with Crippen molar-refractivity contribution in [2.75, 3.05) is 0 Å². The van der Waals surface area contributed by atoms with Crippen LogP contribution in [-0.4, -0.2) is 19.7 Å². The molecule has 0 aliphatic rings. The normalized spacial score (nSPS) is 11.7. The lowest BCUT2D eigenvalue weighted by Gasteiger charge is -2.03. The van der Waals surface area contributed by atoms with E-state index in [9.17, 15) is 9.50 Å². The standard InChI is InChI=1S/C14H13ClFN3OS/c1-7(2)12-10(6-20)19-14(17-12)21-13(18-19)11-8(15)4-3-5-9(11)16/h3-5,7,20H,6H2,1-2H3. The molecule has 0 amide bonds. The molecule has 0 saturated heterocycles. The van der Waals surface area contributed by atoms with Gasteiger partial charge in [-0.15, -0.1) is 0 Å². The van der Waals surface area contributed by atoms with Crippen LogP contribution in [0.2, 0.25) is 5.02 Å². The lowest BCUT2D eigenvalue weighted by atomic mass is 10.1. The van der Waals surface area contributed by atoms with E-state index in [2.05, 4.69) is 10.1 Å². The van der Waals surface area contributed by atoms with E-state index in [0.717, 1.165) is 5.69 Å². The SMILES string of the molecule is CC(C)c1nc2sc(-c3c(F)cccc3Cl)nn2c1CO. The second-order valence-corrected chi connectivity index (χ2v) is 6.32. The highest BCUT2D eigenvalue weighted by molar-refractivity contribution is 7.19. The van der Waals surface area contributed by atoms with Crippen molar-refractivity contribution in [3.05, 3.63) is 40.4 Å². The minimum absolute atomic E-state index is 0.164. The molecule has 4 nitrogen and oxygen atoms in total. The van der Waals surface area contributed by atoms with Crippen LogP contribution in [0.1, 0.15) is 31.2 Å². The molecule has 0 atom stereocenters. The van der Waals surface area contributed by atoms with Gasteiger partial charge < -0.3 is 5.11 Å². The second-order valence-electron chi connectivity index (χ2n) is 4.95. The van der Waals surface area contributed by atoms with Gasteiger partial charge in [0.05, 0.1) is 28.6 Å². The van der Waals surface area contributed by atoms with Gasteiger partial charge in [0.25, 0.3) is 0 Å². The van der Waals surface area contributed by atoms with Gasteiger partial charge in [-0.3, -0.25) is 0 Å². The number of aliphatic hydroxyl groups is 1. The summed E-state index contributed by atoms with van der Waals surface area (Å²) in [5, 5.41) is 14.7. The van der Waals surface area contributed by atoms with Crippen molar-refractivity contribution >= 4 is 27.9 Å². The highest BCUT2D eigenvalue weighted by atomic mass is 35.5. The number of fused-ring (bicyclic) bond motifs is 1. The first kappa shape index (κ1) is 14.4. The number of hydrogen-bond acceptors (Lipinski definition) is 4. The zero-order valence-corrected chi connectivity index (χ0v) is 13.0. The Morgan fingerprint density at radius 1 is 1.43 bits per heavy atom. The number of imidazole rings is 1. The van der Waals surface area contributed by atoms with Crippen molar-refractivity contribution in [3.63, 3.8) is 0 Å². The van der Waals surface area contributed by atoms with Crippen LogP contribution in [0.3, 0.4) is 0 Å². The molecule has 7 heteroatoms. The van der Waals surface area contributed by atoms with Crippen molar-refractivity contribution in [1.82, 2.24) is 14.6 Å². The third kappa shape index (κ3) is 2.33. The first-order valence-electron chi connectivity index (χ1n) is 6.46. The molecule has 3 rings (SSSR count). The van der Waals surface area contributed by atoms with Gasteiger partial charge in [-0.2, -0.15) is 5.10 Å².